The first-order valence-corrected chi connectivity index (χ1v) is 10.5. The molecule has 1 N–H and O–H groups in total. The molecule has 1 aromatic heterocycles. The van der Waals surface area contributed by atoms with Crippen LogP contribution >= 0.6 is 0 Å². The van der Waals surface area contributed by atoms with Crippen molar-refractivity contribution in [1.82, 2.24) is 4.98 Å². The van der Waals surface area contributed by atoms with Crippen LogP contribution in [0.2, 0.25) is 0 Å². The van der Waals surface area contributed by atoms with Crippen molar-refractivity contribution in [2.45, 2.75) is 27.3 Å². The number of aromatic amines is 1. The van der Waals surface area contributed by atoms with Gasteiger partial charge in [-0.2, -0.15) is 0 Å². The van der Waals surface area contributed by atoms with Gasteiger partial charge in [0.2, 0.25) is 0 Å². The molecule has 0 radical (unpaired) electrons. The molecule has 1 heterocycles. The van der Waals surface area contributed by atoms with Gasteiger partial charge < -0.3 is 9.88 Å². The highest BCUT2D eigenvalue weighted by molar-refractivity contribution is 6.06. The first-order valence-electron chi connectivity index (χ1n) is 10.5. The van der Waals surface area contributed by atoms with Gasteiger partial charge in [0.25, 0.3) is 17.2 Å². The van der Waals surface area contributed by atoms with Crippen molar-refractivity contribution in [2.75, 3.05) is 4.90 Å². The smallest absolute Gasteiger partial charge is 0.269 e. The molecule has 0 saturated carbocycles. The molecule has 0 aliphatic carbocycles. The van der Waals surface area contributed by atoms with E-state index in [0.717, 1.165) is 27.6 Å². The third-order valence-electron chi connectivity index (χ3n) is 5.84. The number of amides is 1. The lowest BCUT2D eigenvalue weighted by molar-refractivity contribution is -0.384. The number of aromatic nitrogens is 1. The van der Waals surface area contributed by atoms with Crippen LogP contribution in [0.25, 0.3) is 10.9 Å². The Morgan fingerprint density at radius 3 is 2.42 bits per heavy atom. The molecule has 0 aliphatic heterocycles. The summed E-state index contributed by atoms with van der Waals surface area (Å²) in [5, 5.41) is 11.9. The van der Waals surface area contributed by atoms with Crippen LogP contribution in [-0.4, -0.2) is 15.8 Å². The molecule has 166 valence electrons. The molecule has 4 rings (SSSR count). The molecule has 33 heavy (non-hydrogen) atoms. The summed E-state index contributed by atoms with van der Waals surface area (Å²) in [7, 11) is 0. The second-order valence-corrected chi connectivity index (χ2v) is 8.13. The zero-order valence-electron chi connectivity index (χ0n) is 18.6. The summed E-state index contributed by atoms with van der Waals surface area (Å²) in [5.74, 6) is -0.345. The second-order valence-electron chi connectivity index (χ2n) is 8.13. The molecule has 0 atom stereocenters. The lowest BCUT2D eigenvalue weighted by atomic mass is 10.0. The monoisotopic (exact) mass is 441 g/mol. The number of carbonyl (C=O) groups is 1. The van der Waals surface area contributed by atoms with Crippen LogP contribution in [0.3, 0.4) is 0 Å². The van der Waals surface area contributed by atoms with Gasteiger partial charge in [0.1, 0.15) is 0 Å². The Hall–Kier alpha value is -4.26. The number of carbonyl (C=O) groups excluding carboxylic acids is 1. The highest BCUT2D eigenvalue weighted by atomic mass is 16.6. The van der Waals surface area contributed by atoms with Gasteiger partial charge in [-0.15, -0.1) is 0 Å². The number of pyridine rings is 1. The second kappa shape index (κ2) is 8.70. The van der Waals surface area contributed by atoms with Gasteiger partial charge in [0.15, 0.2) is 0 Å². The lowest BCUT2D eigenvalue weighted by Gasteiger charge is -2.25. The number of hydrogen-bond donors (Lipinski definition) is 1. The first kappa shape index (κ1) is 22.0. The number of aryl methyl sites for hydroxylation is 2. The SMILES string of the molecule is Cc1ccc2[nH]c(=O)c(CN(C(=O)c3ccc([N+](=O)[O-])cc3)c3cccc(C)c3C)cc2c1. The largest absolute Gasteiger partial charge is 0.322 e. The molecule has 4 aromatic rings. The van der Waals surface area contributed by atoms with Gasteiger partial charge in [0.05, 0.1) is 11.5 Å². The van der Waals surface area contributed by atoms with E-state index in [-0.39, 0.29) is 23.7 Å². The van der Waals surface area contributed by atoms with E-state index in [0.29, 0.717) is 16.8 Å². The van der Waals surface area contributed by atoms with E-state index in [1.165, 1.54) is 24.3 Å². The molecule has 3 aromatic carbocycles. The van der Waals surface area contributed by atoms with E-state index in [1.54, 1.807) is 4.90 Å². The van der Waals surface area contributed by atoms with Crippen molar-refractivity contribution < 1.29 is 9.72 Å². The summed E-state index contributed by atoms with van der Waals surface area (Å²) in [6.45, 7) is 5.91. The number of nitro groups is 1. The maximum Gasteiger partial charge on any atom is 0.269 e. The Labute approximate surface area is 190 Å². The van der Waals surface area contributed by atoms with Crippen LogP contribution in [0, 0.1) is 30.9 Å². The fraction of sp³-hybridized carbons (Fsp3) is 0.154. The standard InChI is InChI=1S/C26H23N3O4/c1-16-7-12-23-20(13-16)14-21(25(30)27-23)15-28(24-6-4-5-17(2)18(24)3)26(31)19-8-10-22(11-9-19)29(32)33/h4-14H,15H2,1-3H3,(H,27,30). The topological polar surface area (TPSA) is 96.3 Å². The van der Waals surface area contributed by atoms with Crippen LogP contribution in [0.15, 0.2) is 71.5 Å². The summed E-state index contributed by atoms with van der Waals surface area (Å²) >= 11 is 0. The minimum Gasteiger partial charge on any atom is -0.322 e. The average molecular weight is 441 g/mol. The quantitative estimate of drug-likeness (QED) is 0.340. The normalized spacial score (nSPS) is 10.9. The van der Waals surface area contributed by atoms with Gasteiger partial charge in [-0.25, -0.2) is 0 Å². The van der Waals surface area contributed by atoms with Gasteiger partial charge in [-0.1, -0.05) is 23.8 Å². The van der Waals surface area contributed by atoms with Crippen LogP contribution in [0.4, 0.5) is 11.4 Å². The average Bonchev–Trinajstić information content (AvgIpc) is 2.79. The lowest BCUT2D eigenvalue weighted by Crippen LogP contribution is -2.33. The van der Waals surface area contributed by atoms with Gasteiger partial charge in [0, 0.05) is 34.5 Å². The molecule has 7 nitrogen and oxygen atoms in total. The highest BCUT2D eigenvalue weighted by Crippen LogP contribution is 2.27. The third kappa shape index (κ3) is 4.39. The Bertz CT molecular complexity index is 1440. The minimum atomic E-state index is -0.507. The number of anilines is 1. The molecule has 0 unspecified atom stereocenters. The number of hydrogen-bond acceptors (Lipinski definition) is 4. The van der Waals surface area contributed by atoms with E-state index in [4.69, 9.17) is 0 Å². The van der Waals surface area contributed by atoms with Crippen molar-refractivity contribution >= 4 is 28.2 Å². The Morgan fingerprint density at radius 1 is 1.00 bits per heavy atom. The van der Waals surface area contributed by atoms with Gasteiger partial charge >= 0.3 is 0 Å². The van der Waals surface area contributed by atoms with E-state index in [2.05, 4.69) is 4.98 Å². The van der Waals surface area contributed by atoms with E-state index in [9.17, 15) is 19.7 Å². The van der Waals surface area contributed by atoms with E-state index >= 15 is 0 Å². The molecule has 0 bridgehead atoms. The summed E-state index contributed by atoms with van der Waals surface area (Å²) in [4.78, 5) is 41.4. The van der Waals surface area contributed by atoms with E-state index in [1.807, 2.05) is 63.2 Å². The molecule has 0 aliphatic rings. The highest BCUT2D eigenvalue weighted by Gasteiger charge is 2.22. The molecule has 7 heteroatoms. The summed E-state index contributed by atoms with van der Waals surface area (Å²) in [6.07, 6.45) is 0. The molecule has 0 fully saturated rings. The van der Waals surface area contributed by atoms with Crippen molar-refractivity contribution in [3.05, 3.63) is 115 Å². The summed E-state index contributed by atoms with van der Waals surface area (Å²) in [5.41, 5.74) is 4.80. The summed E-state index contributed by atoms with van der Waals surface area (Å²) in [6, 6.07) is 18.7. The van der Waals surface area contributed by atoms with Gasteiger partial charge in [-0.3, -0.25) is 19.7 Å². The van der Waals surface area contributed by atoms with Crippen LogP contribution < -0.4 is 10.5 Å². The Morgan fingerprint density at radius 2 is 1.73 bits per heavy atom. The van der Waals surface area contributed by atoms with Crippen molar-refractivity contribution in [1.29, 1.82) is 0 Å². The van der Waals surface area contributed by atoms with E-state index < -0.39 is 4.92 Å². The number of H-pyrrole nitrogens is 1. The predicted molar refractivity (Wildman–Crippen MR) is 129 cm³/mol. The van der Waals surface area contributed by atoms with Crippen LogP contribution in [-0.2, 0) is 6.54 Å². The molecular weight excluding hydrogens is 418 g/mol. The van der Waals surface area contributed by atoms with Gasteiger partial charge in [-0.05, 0) is 73.7 Å². The Balaban J connectivity index is 1.81. The van der Waals surface area contributed by atoms with Crippen LogP contribution in [0.1, 0.15) is 32.6 Å². The number of nitrogens with one attached hydrogen (secondary N) is 1. The first-order chi connectivity index (χ1) is 15.7. The fourth-order valence-corrected chi connectivity index (χ4v) is 3.83. The number of nitro benzene ring substituents is 1. The molecule has 1 amide bonds. The maximum absolute atomic E-state index is 13.6. The van der Waals surface area contributed by atoms with Crippen LogP contribution in [0.5, 0.6) is 0 Å². The van der Waals surface area contributed by atoms with Crippen molar-refractivity contribution in [3.8, 4) is 0 Å². The predicted octanol–water partition coefficient (Wildman–Crippen LogP) is 5.21. The minimum absolute atomic E-state index is 0.0549. The zero-order chi connectivity index (χ0) is 23.7. The van der Waals surface area contributed by atoms with Crippen molar-refractivity contribution in [3.63, 3.8) is 0 Å². The zero-order valence-corrected chi connectivity index (χ0v) is 18.6. The number of non-ortho nitro benzene ring substituents is 1. The molecule has 0 saturated heterocycles. The number of nitrogens with zero attached hydrogens (tertiary/aromatic N) is 2. The summed E-state index contributed by atoms with van der Waals surface area (Å²) < 4.78 is 0. The van der Waals surface area contributed by atoms with Crippen molar-refractivity contribution in [2.24, 2.45) is 0 Å². The Kier molecular flexibility index (Phi) is 5.79. The number of rotatable bonds is 5. The molecule has 0 spiro atoms. The maximum atomic E-state index is 13.6. The molecular formula is C26H23N3O4. The third-order valence-corrected chi connectivity index (χ3v) is 5.84. The number of fused-ring (bicyclic) bond motifs is 1. The number of benzene rings is 3. The fourth-order valence-electron chi connectivity index (χ4n) is 3.83.